The predicted octanol–water partition coefficient (Wildman–Crippen LogP) is 3.20. The number of rotatable bonds is 6. The topological polar surface area (TPSA) is 111 Å². The zero-order valence-electron chi connectivity index (χ0n) is 15.1. The number of benzene rings is 2. The molecule has 6 heteroatoms. The lowest BCUT2D eigenvalue weighted by Crippen LogP contribution is -2.20. The third-order valence-electron chi connectivity index (χ3n) is 4.12. The van der Waals surface area contributed by atoms with Gasteiger partial charge in [0.25, 0.3) is 5.91 Å². The molecule has 0 fully saturated rings. The highest BCUT2D eigenvalue weighted by Gasteiger charge is 2.14. The van der Waals surface area contributed by atoms with E-state index in [0.717, 1.165) is 5.56 Å². The van der Waals surface area contributed by atoms with E-state index in [0.29, 0.717) is 22.6 Å². The minimum Gasteiger partial charge on any atom is -0.384 e. The van der Waals surface area contributed by atoms with Crippen molar-refractivity contribution < 1.29 is 9.59 Å². The average Bonchev–Trinajstić information content (AvgIpc) is 2.72. The van der Waals surface area contributed by atoms with Crippen molar-refractivity contribution in [2.75, 3.05) is 11.1 Å². The van der Waals surface area contributed by atoms with Crippen LogP contribution in [0.1, 0.15) is 27.5 Å². The first kappa shape index (κ1) is 19.0. The van der Waals surface area contributed by atoms with E-state index in [1.165, 1.54) is 12.3 Å². The average molecular weight is 372 g/mol. The Labute approximate surface area is 162 Å². The second-order valence-corrected chi connectivity index (χ2v) is 6.17. The molecule has 1 aromatic heterocycles. The van der Waals surface area contributed by atoms with Crippen molar-refractivity contribution in [3.05, 3.63) is 95.7 Å². The summed E-state index contributed by atoms with van der Waals surface area (Å²) >= 11 is 0. The van der Waals surface area contributed by atoms with E-state index >= 15 is 0 Å². The van der Waals surface area contributed by atoms with Gasteiger partial charge in [-0.15, -0.1) is 0 Å². The van der Waals surface area contributed by atoms with Gasteiger partial charge in [0.1, 0.15) is 5.82 Å². The van der Waals surface area contributed by atoms with Crippen LogP contribution < -0.4 is 16.8 Å². The molecule has 1 amide bonds. The molecule has 0 spiro atoms. The highest BCUT2D eigenvalue weighted by atomic mass is 16.1. The van der Waals surface area contributed by atoms with Crippen LogP contribution in [0.5, 0.6) is 0 Å². The molecule has 5 N–H and O–H groups in total. The maximum absolute atomic E-state index is 12.3. The normalized spacial score (nSPS) is 11.9. The van der Waals surface area contributed by atoms with Gasteiger partial charge in [-0.05, 0) is 35.4 Å². The maximum Gasteiger partial charge on any atom is 0.255 e. The Morgan fingerprint density at radius 1 is 1.00 bits per heavy atom. The molecular formula is C22H20N4O2. The summed E-state index contributed by atoms with van der Waals surface area (Å²) in [4.78, 5) is 28.5. The van der Waals surface area contributed by atoms with Crippen molar-refractivity contribution in [1.82, 2.24) is 4.98 Å². The van der Waals surface area contributed by atoms with Crippen molar-refractivity contribution in [2.24, 2.45) is 5.73 Å². The summed E-state index contributed by atoms with van der Waals surface area (Å²) in [5, 5.41) is 2.74. The number of nitrogens with zero attached hydrogens (tertiary/aromatic N) is 1. The van der Waals surface area contributed by atoms with E-state index in [1.807, 2.05) is 30.3 Å². The number of hydrogen-bond acceptors (Lipinski definition) is 5. The van der Waals surface area contributed by atoms with Crippen LogP contribution in [0.15, 0.2) is 79.0 Å². The standard InChI is InChI=1S/C22H20N4O2/c23-20-14-18(12-13-25-20)26-22(28)17-9-7-16(8-10-17)21(24)19(27)11-6-15-4-2-1-3-5-15/h1-14,21H,24H2,(H3,23,25,26,28)/b11-6+. The van der Waals surface area contributed by atoms with E-state index in [1.54, 1.807) is 42.5 Å². The minimum absolute atomic E-state index is 0.215. The second-order valence-electron chi connectivity index (χ2n) is 6.17. The van der Waals surface area contributed by atoms with Crippen molar-refractivity contribution in [3.63, 3.8) is 0 Å². The number of pyridine rings is 1. The maximum atomic E-state index is 12.3. The van der Waals surface area contributed by atoms with E-state index in [-0.39, 0.29) is 11.7 Å². The minimum atomic E-state index is -0.794. The summed E-state index contributed by atoms with van der Waals surface area (Å²) in [6.45, 7) is 0. The van der Waals surface area contributed by atoms with E-state index < -0.39 is 6.04 Å². The number of nitrogens with one attached hydrogen (secondary N) is 1. The Bertz CT molecular complexity index is 999. The molecular weight excluding hydrogens is 352 g/mol. The van der Waals surface area contributed by atoms with Gasteiger partial charge >= 0.3 is 0 Å². The molecule has 1 atom stereocenters. The van der Waals surface area contributed by atoms with Crippen LogP contribution >= 0.6 is 0 Å². The summed E-state index contributed by atoms with van der Waals surface area (Å²) < 4.78 is 0. The van der Waals surface area contributed by atoms with Gasteiger partial charge < -0.3 is 16.8 Å². The lowest BCUT2D eigenvalue weighted by molar-refractivity contribution is -0.115. The number of carbonyl (C=O) groups excluding carboxylic acids is 2. The Morgan fingerprint density at radius 2 is 1.71 bits per heavy atom. The molecule has 0 bridgehead atoms. The number of carbonyl (C=O) groups is 2. The van der Waals surface area contributed by atoms with E-state index in [2.05, 4.69) is 10.3 Å². The first-order chi connectivity index (χ1) is 13.5. The first-order valence-corrected chi connectivity index (χ1v) is 8.68. The summed E-state index contributed by atoms with van der Waals surface area (Å²) in [7, 11) is 0. The van der Waals surface area contributed by atoms with Gasteiger partial charge in [-0.25, -0.2) is 4.98 Å². The van der Waals surface area contributed by atoms with E-state index in [9.17, 15) is 9.59 Å². The molecule has 0 aliphatic carbocycles. The predicted molar refractivity (Wildman–Crippen MR) is 110 cm³/mol. The fourth-order valence-electron chi connectivity index (χ4n) is 2.58. The number of amides is 1. The number of anilines is 2. The molecule has 0 aliphatic heterocycles. The van der Waals surface area contributed by atoms with Crippen LogP contribution in [0.25, 0.3) is 6.08 Å². The SMILES string of the molecule is Nc1cc(NC(=O)c2ccc(C(N)C(=O)/C=C/c3ccccc3)cc2)ccn1. The first-order valence-electron chi connectivity index (χ1n) is 8.68. The van der Waals surface area contributed by atoms with Crippen molar-refractivity contribution in [2.45, 2.75) is 6.04 Å². The van der Waals surface area contributed by atoms with Crippen LogP contribution in [-0.4, -0.2) is 16.7 Å². The number of nitrogens with two attached hydrogens (primary N) is 2. The Balaban J connectivity index is 1.65. The quantitative estimate of drug-likeness (QED) is 0.575. The number of nitrogen functional groups attached to an aromatic ring is 1. The third kappa shape index (κ3) is 4.90. The third-order valence-corrected chi connectivity index (χ3v) is 4.12. The zero-order valence-corrected chi connectivity index (χ0v) is 15.1. The molecule has 0 saturated heterocycles. The molecule has 3 rings (SSSR count). The van der Waals surface area contributed by atoms with Crippen LogP contribution in [0.4, 0.5) is 11.5 Å². The second kappa shape index (κ2) is 8.75. The largest absolute Gasteiger partial charge is 0.384 e. The van der Waals surface area contributed by atoms with Gasteiger partial charge in [0.05, 0.1) is 6.04 Å². The highest BCUT2D eigenvalue weighted by Crippen LogP contribution is 2.16. The van der Waals surface area contributed by atoms with E-state index in [4.69, 9.17) is 11.5 Å². The molecule has 3 aromatic rings. The summed E-state index contributed by atoms with van der Waals surface area (Å²) in [6.07, 6.45) is 4.71. The highest BCUT2D eigenvalue weighted by molar-refractivity contribution is 6.04. The summed E-state index contributed by atoms with van der Waals surface area (Å²) in [5.74, 6) is -0.185. The van der Waals surface area contributed by atoms with Gasteiger partial charge in [-0.2, -0.15) is 0 Å². The monoisotopic (exact) mass is 372 g/mol. The van der Waals surface area contributed by atoms with Gasteiger partial charge in [-0.1, -0.05) is 48.5 Å². The van der Waals surface area contributed by atoms with Crippen LogP contribution in [-0.2, 0) is 4.79 Å². The molecule has 1 heterocycles. The molecule has 140 valence electrons. The number of hydrogen-bond donors (Lipinski definition) is 3. The number of ketones is 1. The van der Waals surface area contributed by atoms with Crippen LogP contribution in [0, 0.1) is 0 Å². The van der Waals surface area contributed by atoms with Gasteiger partial charge in [0, 0.05) is 23.5 Å². The fourth-order valence-corrected chi connectivity index (χ4v) is 2.58. The van der Waals surface area contributed by atoms with Gasteiger partial charge in [0.15, 0.2) is 5.78 Å². The van der Waals surface area contributed by atoms with Gasteiger partial charge in [0.2, 0.25) is 0 Å². The smallest absolute Gasteiger partial charge is 0.255 e. The summed E-state index contributed by atoms with van der Waals surface area (Å²) in [5.41, 5.74) is 14.2. The van der Waals surface area contributed by atoms with Crippen LogP contribution in [0.3, 0.4) is 0 Å². The van der Waals surface area contributed by atoms with Crippen molar-refractivity contribution in [1.29, 1.82) is 0 Å². The molecule has 28 heavy (non-hydrogen) atoms. The molecule has 6 nitrogen and oxygen atoms in total. The molecule has 1 unspecified atom stereocenters. The number of aromatic nitrogens is 1. The van der Waals surface area contributed by atoms with Crippen molar-refractivity contribution >= 4 is 29.3 Å². The van der Waals surface area contributed by atoms with Crippen LogP contribution in [0.2, 0.25) is 0 Å². The Morgan fingerprint density at radius 3 is 2.39 bits per heavy atom. The lowest BCUT2D eigenvalue weighted by Gasteiger charge is -2.10. The Kier molecular flexibility index (Phi) is 5.94. The Hall–Kier alpha value is -3.77. The molecule has 2 aromatic carbocycles. The zero-order chi connectivity index (χ0) is 19.9. The van der Waals surface area contributed by atoms with Crippen molar-refractivity contribution in [3.8, 4) is 0 Å². The molecule has 0 radical (unpaired) electrons. The lowest BCUT2D eigenvalue weighted by atomic mass is 10.0. The van der Waals surface area contributed by atoms with Gasteiger partial charge in [-0.3, -0.25) is 9.59 Å². The summed E-state index contributed by atoms with van der Waals surface area (Å²) in [6, 6.07) is 18.5. The fraction of sp³-hybridized carbons (Fsp3) is 0.0455. The molecule has 0 aliphatic rings. The molecule has 0 saturated carbocycles.